The molecule has 1 aromatic carbocycles. The highest BCUT2D eigenvalue weighted by Gasteiger charge is 2.23. The van der Waals surface area contributed by atoms with E-state index in [4.69, 9.17) is 17.3 Å². The van der Waals surface area contributed by atoms with E-state index in [0.717, 1.165) is 10.7 Å². The van der Waals surface area contributed by atoms with Crippen LogP contribution in [-0.2, 0) is 5.54 Å². The number of rotatable bonds is 3. The van der Waals surface area contributed by atoms with Crippen molar-refractivity contribution in [1.82, 2.24) is 4.98 Å². The molecule has 3 nitrogen and oxygen atoms in total. The summed E-state index contributed by atoms with van der Waals surface area (Å²) in [6, 6.07) is 5.56. The first-order valence-electron chi connectivity index (χ1n) is 5.23. The topological polar surface area (TPSA) is 50.9 Å². The molecule has 0 amide bonds. The number of anilines is 2. The van der Waals surface area contributed by atoms with Crippen molar-refractivity contribution in [3.8, 4) is 0 Å². The molecule has 0 radical (unpaired) electrons. The van der Waals surface area contributed by atoms with Crippen molar-refractivity contribution in [3.05, 3.63) is 39.8 Å². The molecule has 1 heterocycles. The smallest absolute Gasteiger partial charge is 0.117 e. The minimum Gasteiger partial charge on any atom is -0.396 e. The first-order valence-corrected chi connectivity index (χ1v) is 6.48. The molecule has 2 rings (SSSR count). The fraction of sp³-hybridized carbons (Fsp3) is 0.250. The molecule has 0 bridgehead atoms. The molecular weight excluding hydrogens is 254 g/mol. The standard InChI is InChI=1S/C12H14ClN3S/c1-12(2,11-15-6-7-17-11)16-9-5-3-4-8(13)10(9)14/h3-7,16H,14H2,1-2H3. The summed E-state index contributed by atoms with van der Waals surface area (Å²) in [6.45, 7) is 4.12. The second-order valence-corrected chi connectivity index (χ2v) is 5.59. The van der Waals surface area contributed by atoms with Crippen LogP contribution in [0.1, 0.15) is 18.9 Å². The van der Waals surface area contributed by atoms with Gasteiger partial charge in [0, 0.05) is 11.6 Å². The van der Waals surface area contributed by atoms with Crippen molar-refractivity contribution in [2.45, 2.75) is 19.4 Å². The Labute approximate surface area is 110 Å². The van der Waals surface area contributed by atoms with E-state index < -0.39 is 0 Å². The van der Waals surface area contributed by atoms with Crippen LogP contribution in [0, 0.1) is 0 Å². The Hall–Kier alpha value is -1.26. The third-order valence-corrected chi connectivity index (χ3v) is 3.89. The van der Waals surface area contributed by atoms with Crippen molar-refractivity contribution in [2.75, 3.05) is 11.1 Å². The van der Waals surface area contributed by atoms with E-state index in [-0.39, 0.29) is 5.54 Å². The number of hydrogen-bond acceptors (Lipinski definition) is 4. The van der Waals surface area contributed by atoms with E-state index in [1.807, 2.05) is 17.5 Å². The molecule has 0 aliphatic rings. The summed E-state index contributed by atoms with van der Waals surface area (Å²) in [6.07, 6.45) is 1.80. The lowest BCUT2D eigenvalue weighted by Crippen LogP contribution is -2.28. The molecule has 0 fully saturated rings. The monoisotopic (exact) mass is 267 g/mol. The molecule has 0 unspecified atom stereocenters. The average molecular weight is 268 g/mol. The molecule has 17 heavy (non-hydrogen) atoms. The maximum atomic E-state index is 5.99. The molecule has 2 aromatic rings. The summed E-state index contributed by atoms with van der Waals surface area (Å²) in [5.41, 5.74) is 7.06. The van der Waals surface area contributed by atoms with E-state index in [1.165, 1.54) is 0 Å². The first kappa shape index (κ1) is 12.2. The van der Waals surface area contributed by atoms with Crippen LogP contribution in [0.3, 0.4) is 0 Å². The van der Waals surface area contributed by atoms with Crippen LogP contribution in [-0.4, -0.2) is 4.98 Å². The van der Waals surface area contributed by atoms with Gasteiger partial charge in [-0.1, -0.05) is 17.7 Å². The predicted molar refractivity (Wildman–Crippen MR) is 74.6 cm³/mol. The Morgan fingerprint density at radius 2 is 2.18 bits per heavy atom. The van der Waals surface area contributed by atoms with Crippen LogP contribution in [0.2, 0.25) is 5.02 Å². The number of nitrogens with zero attached hydrogens (tertiary/aromatic N) is 1. The van der Waals surface area contributed by atoms with Crippen LogP contribution in [0.25, 0.3) is 0 Å². The van der Waals surface area contributed by atoms with Gasteiger partial charge >= 0.3 is 0 Å². The summed E-state index contributed by atoms with van der Waals surface area (Å²) in [7, 11) is 0. The van der Waals surface area contributed by atoms with Gasteiger partial charge in [0.2, 0.25) is 0 Å². The third kappa shape index (κ3) is 2.53. The molecule has 0 aliphatic heterocycles. The Morgan fingerprint density at radius 3 is 2.82 bits per heavy atom. The van der Waals surface area contributed by atoms with E-state index in [1.54, 1.807) is 23.6 Å². The third-order valence-electron chi connectivity index (χ3n) is 2.47. The molecule has 0 saturated heterocycles. The number of hydrogen-bond donors (Lipinski definition) is 2. The Balaban J connectivity index is 2.29. The Morgan fingerprint density at radius 1 is 1.41 bits per heavy atom. The zero-order valence-electron chi connectivity index (χ0n) is 9.70. The van der Waals surface area contributed by atoms with Crippen LogP contribution < -0.4 is 11.1 Å². The lowest BCUT2D eigenvalue weighted by Gasteiger charge is -2.26. The maximum Gasteiger partial charge on any atom is 0.117 e. The SMILES string of the molecule is CC(C)(Nc1cccc(Cl)c1N)c1nccs1. The lowest BCUT2D eigenvalue weighted by molar-refractivity contribution is 0.605. The van der Waals surface area contributed by atoms with Crippen molar-refractivity contribution in [2.24, 2.45) is 0 Å². The first-order chi connectivity index (χ1) is 8.00. The molecule has 0 aliphatic carbocycles. The lowest BCUT2D eigenvalue weighted by atomic mass is 10.1. The highest BCUT2D eigenvalue weighted by Crippen LogP contribution is 2.33. The van der Waals surface area contributed by atoms with E-state index in [2.05, 4.69) is 24.1 Å². The summed E-state index contributed by atoms with van der Waals surface area (Å²) in [5.74, 6) is 0. The van der Waals surface area contributed by atoms with Crippen LogP contribution in [0.15, 0.2) is 29.8 Å². The van der Waals surface area contributed by atoms with Gasteiger partial charge in [-0.15, -0.1) is 11.3 Å². The van der Waals surface area contributed by atoms with Gasteiger partial charge in [0.25, 0.3) is 0 Å². The zero-order chi connectivity index (χ0) is 12.5. The average Bonchev–Trinajstić information content (AvgIpc) is 2.78. The second kappa shape index (κ2) is 4.55. The molecule has 1 aromatic heterocycles. The number of halogens is 1. The van der Waals surface area contributed by atoms with Gasteiger partial charge in [-0.3, -0.25) is 0 Å². The van der Waals surface area contributed by atoms with Gasteiger partial charge in [0.05, 0.1) is 21.9 Å². The van der Waals surface area contributed by atoms with Crippen LogP contribution in [0.5, 0.6) is 0 Å². The summed E-state index contributed by atoms with van der Waals surface area (Å²) < 4.78 is 0. The van der Waals surface area contributed by atoms with Gasteiger partial charge in [0.15, 0.2) is 0 Å². The summed E-state index contributed by atoms with van der Waals surface area (Å²) in [4.78, 5) is 4.32. The fourth-order valence-electron chi connectivity index (χ4n) is 1.57. The minimum absolute atomic E-state index is 0.271. The van der Waals surface area contributed by atoms with Gasteiger partial charge < -0.3 is 11.1 Å². The van der Waals surface area contributed by atoms with Gasteiger partial charge in [0.1, 0.15) is 5.01 Å². The number of aromatic nitrogens is 1. The van der Waals surface area contributed by atoms with Crippen molar-refractivity contribution in [3.63, 3.8) is 0 Å². The maximum absolute atomic E-state index is 5.99. The number of benzene rings is 1. The van der Waals surface area contributed by atoms with Gasteiger partial charge in [-0.25, -0.2) is 4.98 Å². The van der Waals surface area contributed by atoms with Crippen molar-refractivity contribution < 1.29 is 0 Å². The molecule has 0 atom stereocenters. The largest absolute Gasteiger partial charge is 0.396 e. The number of para-hydroxylation sites is 1. The Kier molecular flexibility index (Phi) is 3.26. The highest BCUT2D eigenvalue weighted by atomic mass is 35.5. The molecular formula is C12H14ClN3S. The zero-order valence-corrected chi connectivity index (χ0v) is 11.3. The number of nitrogen functional groups attached to an aromatic ring is 1. The van der Waals surface area contributed by atoms with Crippen LogP contribution in [0.4, 0.5) is 11.4 Å². The molecule has 0 spiro atoms. The Bertz CT molecular complexity index is 508. The second-order valence-electron chi connectivity index (χ2n) is 4.29. The quantitative estimate of drug-likeness (QED) is 0.833. The number of nitrogens with two attached hydrogens (primary N) is 1. The molecule has 3 N–H and O–H groups in total. The van der Waals surface area contributed by atoms with Crippen molar-refractivity contribution in [1.29, 1.82) is 0 Å². The fourth-order valence-corrected chi connectivity index (χ4v) is 2.46. The summed E-state index contributed by atoms with van der Waals surface area (Å²) in [5, 5.41) is 6.90. The van der Waals surface area contributed by atoms with E-state index in [9.17, 15) is 0 Å². The van der Waals surface area contributed by atoms with Gasteiger partial charge in [-0.2, -0.15) is 0 Å². The number of thiazole rings is 1. The van der Waals surface area contributed by atoms with E-state index >= 15 is 0 Å². The molecule has 5 heteroatoms. The van der Waals surface area contributed by atoms with Gasteiger partial charge in [-0.05, 0) is 26.0 Å². The molecule has 90 valence electrons. The highest BCUT2D eigenvalue weighted by molar-refractivity contribution is 7.09. The normalized spacial score (nSPS) is 11.5. The van der Waals surface area contributed by atoms with Crippen LogP contribution >= 0.6 is 22.9 Å². The van der Waals surface area contributed by atoms with Crippen molar-refractivity contribution >= 4 is 34.3 Å². The molecule has 0 saturated carbocycles. The predicted octanol–water partition coefficient (Wildman–Crippen LogP) is 3.73. The van der Waals surface area contributed by atoms with E-state index in [0.29, 0.717) is 10.7 Å². The summed E-state index contributed by atoms with van der Waals surface area (Å²) >= 11 is 7.60. The minimum atomic E-state index is -0.271. The number of nitrogens with one attached hydrogen (secondary N) is 1.